The van der Waals surface area contributed by atoms with E-state index in [0.29, 0.717) is 0 Å². The quantitative estimate of drug-likeness (QED) is 0.674. The maximum atomic E-state index is 4.82. The Morgan fingerprint density at radius 1 is 0.739 bits per heavy atom. The summed E-state index contributed by atoms with van der Waals surface area (Å²) in [6.45, 7) is 6.33. The highest BCUT2D eigenvalue weighted by molar-refractivity contribution is 5.89. The lowest BCUT2D eigenvalue weighted by Gasteiger charge is -2.21. The topological polar surface area (TPSA) is 32.3 Å². The molecule has 1 aromatic heterocycles. The predicted molar refractivity (Wildman–Crippen MR) is 102 cm³/mol. The van der Waals surface area contributed by atoms with Gasteiger partial charge in [0.1, 0.15) is 0 Å². The Labute approximate surface area is 143 Å². The molecule has 3 rings (SSSR count). The van der Waals surface area contributed by atoms with E-state index >= 15 is 0 Å². The van der Waals surface area contributed by atoms with Crippen LogP contribution in [0.5, 0.6) is 0 Å². The highest BCUT2D eigenvalue weighted by atomic mass is 35.5. The lowest BCUT2D eigenvalue weighted by atomic mass is 10.2. The molecule has 0 saturated carbocycles. The standard InChI is InChI=1S/C18H22N4.ClH/c1-5-22(6-2)14-8-10-16-18(12-14)20-17-11-13(21(3)4)7-9-15(17)19-16;/h7-12H,5-6H2,1-4H3;1H. The summed E-state index contributed by atoms with van der Waals surface area (Å²) in [5, 5.41) is 0. The van der Waals surface area contributed by atoms with Crippen molar-refractivity contribution in [2.45, 2.75) is 13.8 Å². The van der Waals surface area contributed by atoms with Crippen LogP contribution >= 0.6 is 12.4 Å². The molecular weight excluding hydrogens is 308 g/mol. The fourth-order valence-corrected chi connectivity index (χ4v) is 2.71. The fourth-order valence-electron chi connectivity index (χ4n) is 2.71. The minimum Gasteiger partial charge on any atom is -0.378 e. The summed E-state index contributed by atoms with van der Waals surface area (Å²) in [4.78, 5) is 13.9. The molecule has 5 heteroatoms. The fraction of sp³-hybridized carbons (Fsp3) is 0.333. The molecule has 0 N–H and O–H groups in total. The van der Waals surface area contributed by atoms with E-state index in [9.17, 15) is 0 Å². The Hall–Kier alpha value is -2.07. The van der Waals surface area contributed by atoms with Crippen LogP contribution in [0, 0.1) is 0 Å². The van der Waals surface area contributed by atoms with Crippen molar-refractivity contribution in [3.63, 3.8) is 0 Å². The van der Waals surface area contributed by atoms with Crippen LogP contribution in [-0.4, -0.2) is 37.2 Å². The van der Waals surface area contributed by atoms with Gasteiger partial charge in [0.25, 0.3) is 0 Å². The maximum absolute atomic E-state index is 4.82. The normalized spacial score (nSPS) is 10.6. The molecule has 4 nitrogen and oxygen atoms in total. The Kier molecular flexibility index (Phi) is 5.26. The average molecular weight is 331 g/mol. The number of aromatic nitrogens is 2. The molecule has 0 aliphatic heterocycles. The minimum absolute atomic E-state index is 0. The molecule has 122 valence electrons. The van der Waals surface area contributed by atoms with Gasteiger partial charge < -0.3 is 9.80 Å². The van der Waals surface area contributed by atoms with Gasteiger partial charge in [-0.2, -0.15) is 0 Å². The first-order chi connectivity index (χ1) is 10.6. The lowest BCUT2D eigenvalue weighted by molar-refractivity contribution is 0.867. The van der Waals surface area contributed by atoms with E-state index in [1.54, 1.807) is 0 Å². The van der Waals surface area contributed by atoms with Gasteiger partial charge in [0.05, 0.1) is 22.1 Å². The van der Waals surface area contributed by atoms with Gasteiger partial charge in [-0.3, -0.25) is 0 Å². The Balaban J connectivity index is 0.00000192. The molecule has 0 aliphatic carbocycles. The van der Waals surface area contributed by atoms with Gasteiger partial charge >= 0.3 is 0 Å². The predicted octanol–water partition coefficient (Wildman–Crippen LogP) is 4.12. The summed E-state index contributed by atoms with van der Waals surface area (Å²) in [7, 11) is 4.07. The second-order valence-electron chi connectivity index (χ2n) is 5.64. The van der Waals surface area contributed by atoms with Crippen LogP contribution in [0.1, 0.15) is 13.8 Å². The van der Waals surface area contributed by atoms with Gasteiger partial charge in [-0.1, -0.05) is 0 Å². The van der Waals surface area contributed by atoms with E-state index in [0.717, 1.165) is 40.8 Å². The van der Waals surface area contributed by atoms with Crippen LogP contribution in [0.3, 0.4) is 0 Å². The Bertz CT molecular complexity index is 813. The van der Waals surface area contributed by atoms with E-state index in [2.05, 4.69) is 54.0 Å². The molecule has 0 bridgehead atoms. The molecule has 3 aromatic rings. The van der Waals surface area contributed by atoms with Crippen LogP contribution in [0.15, 0.2) is 36.4 Å². The van der Waals surface area contributed by atoms with Gasteiger partial charge in [0.2, 0.25) is 0 Å². The zero-order valence-corrected chi connectivity index (χ0v) is 14.9. The molecule has 2 aromatic carbocycles. The van der Waals surface area contributed by atoms with Crippen molar-refractivity contribution in [3.05, 3.63) is 36.4 Å². The summed E-state index contributed by atoms with van der Waals surface area (Å²) >= 11 is 0. The van der Waals surface area contributed by atoms with Gasteiger partial charge in [0, 0.05) is 38.6 Å². The van der Waals surface area contributed by atoms with Crippen LogP contribution in [0.25, 0.3) is 22.1 Å². The molecule has 0 radical (unpaired) electrons. The summed E-state index contributed by atoms with van der Waals surface area (Å²) in [5.41, 5.74) is 6.12. The third-order valence-corrected chi connectivity index (χ3v) is 4.04. The van der Waals surface area contributed by atoms with Crippen molar-refractivity contribution in [2.75, 3.05) is 37.0 Å². The van der Waals surface area contributed by atoms with Gasteiger partial charge in [-0.25, -0.2) is 9.97 Å². The largest absolute Gasteiger partial charge is 0.378 e. The van der Waals surface area contributed by atoms with Crippen molar-refractivity contribution in [3.8, 4) is 0 Å². The number of nitrogens with zero attached hydrogens (tertiary/aromatic N) is 4. The molecule has 1 heterocycles. The van der Waals surface area contributed by atoms with Crippen molar-refractivity contribution >= 4 is 45.8 Å². The number of benzene rings is 2. The third-order valence-electron chi connectivity index (χ3n) is 4.04. The number of anilines is 2. The van der Waals surface area contributed by atoms with E-state index in [1.165, 1.54) is 5.69 Å². The molecule has 0 aliphatic rings. The molecular formula is C18H23ClN4. The first-order valence-corrected chi connectivity index (χ1v) is 7.76. The molecule has 23 heavy (non-hydrogen) atoms. The minimum atomic E-state index is 0. The van der Waals surface area contributed by atoms with Crippen molar-refractivity contribution in [1.82, 2.24) is 9.97 Å². The second-order valence-corrected chi connectivity index (χ2v) is 5.64. The van der Waals surface area contributed by atoms with E-state index in [-0.39, 0.29) is 12.4 Å². The number of hydrogen-bond acceptors (Lipinski definition) is 4. The summed E-state index contributed by atoms with van der Waals surface area (Å²) in [6, 6.07) is 12.5. The first-order valence-electron chi connectivity index (χ1n) is 7.76. The van der Waals surface area contributed by atoms with Crippen LogP contribution in [-0.2, 0) is 0 Å². The molecule has 0 unspecified atom stereocenters. The van der Waals surface area contributed by atoms with Crippen molar-refractivity contribution < 1.29 is 0 Å². The van der Waals surface area contributed by atoms with Crippen LogP contribution in [0.4, 0.5) is 11.4 Å². The van der Waals surface area contributed by atoms with Gasteiger partial charge in [-0.05, 0) is 50.2 Å². The zero-order valence-electron chi connectivity index (χ0n) is 14.1. The molecule has 0 amide bonds. The number of halogens is 1. The summed E-state index contributed by atoms with van der Waals surface area (Å²) in [6.07, 6.45) is 0. The van der Waals surface area contributed by atoms with Crippen molar-refractivity contribution in [2.24, 2.45) is 0 Å². The second kappa shape index (κ2) is 7.01. The van der Waals surface area contributed by atoms with E-state index in [1.807, 2.05) is 20.2 Å². The number of rotatable bonds is 4. The summed E-state index contributed by atoms with van der Waals surface area (Å²) < 4.78 is 0. The average Bonchev–Trinajstić information content (AvgIpc) is 2.53. The van der Waals surface area contributed by atoms with E-state index < -0.39 is 0 Å². The van der Waals surface area contributed by atoms with E-state index in [4.69, 9.17) is 9.97 Å². The molecule has 0 spiro atoms. The number of fused-ring (bicyclic) bond motifs is 2. The van der Waals surface area contributed by atoms with Crippen LogP contribution in [0.2, 0.25) is 0 Å². The highest BCUT2D eigenvalue weighted by Gasteiger charge is 2.07. The highest BCUT2D eigenvalue weighted by Crippen LogP contribution is 2.24. The van der Waals surface area contributed by atoms with Gasteiger partial charge in [-0.15, -0.1) is 12.4 Å². The Morgan fingerprint density at radius 2 is 1.22 bits per heavy atom. The van der Waals surface area contributed by atoms with Crippen molar-refractivity contribution in [1.29, 1.82) is 0 Å². The molecule has 0 atom stereocenters. The smallest absolute Gasteiger partial charge is 0.0915 e. The third kappa shape index (κ3) is 3.32. The Morgan fingerprint density at radius 3 is 1.74 bits per heavy atom. The maximum Gasteiger partial charge on any atom is 0.0915 e. The first kappa shape index (κ1) is 17.3. The molecule has 0 fully saturated rings. The summed E-state index contributed by atoms with van der Waals surface area (Å²) in [5.74, 6) is 0. The van der Waals surface area contributed by atoms with Crippen LogP contribution < -0.4 is 9.80 Å². The monoisotopic (exact) mass is 330 g/mol. The zero-order chi connectivity index (χ0) is 15.7. The van der Waals surface area contributed by atoms with Gasteiger partial charge in [0.15, 0.2) is 0 Å². The number of hydrogen-bond donors (Lipinski definition) is 0. The molecule has 0 saturated heterocycles. The SMILES string of the molecule is CCN(CC)c1ccc2nc3ccc(N(C)C)cc3nc2c1.Cl. The lowest BCUT2D eigenvalue weighted by Crippen LogP contribution is -2.21.